The first-order valence-electron chi connectivity index (χ1n) is 20.5. The lowest BCUT2D eigenvalue weighted by Gasteiger charge is -2.23. The minimum atomic E-state index is -4.33. The summed E-state index contributed by atoms with van der Waals surface area (Å²) in [6, 6.07) is -0.861. The quantitative estimate of drug-likeness (QED) is 0.0284. The molecule has 0 heterocycles. The van der Waals surface area contributed by atoms with E-state index < -0.39 is 20.0 Å². The number of phosphoric ester groups is 1. The van der Waals surface area contributed by atoms with Crippen LogP contribution in [0.1, 0.15) is 194 Å². The van der Waals surface area contributed by atoms with Crippen LogP contribution < -0.4 is 11.1 Å². The Kier molecular flexibility index (Phi) is 36.0. The molecule has 0 saturated carbocycles. The average molecular weight is 715 g/mol. The number of unbranched alkanes of at least 4 members (excludes halogenated alkanes) is 24. The molecule has 0 bridgehead atoms. The van der Waals surface area contributed by atoms with E-state index in [0.717, 1.165) is 51.4 Å². The van der Waals surface area contributed by atoms with Crippen LogP contribution in [0.4, 0.5) is 0 Å². The summed E-state index contributed by atoms with van der Waals surface area (Å²) >= 11 is 0. The zero-order chi connectivity index (χ0) is 36.1. The molecule has 49 heavy (non-hydrogen) atoms. The van der Waals surface area contributed by atoms with Crippen molar-refractivity contribution in [3.8, 4) is 0 Å². The number of hydrogen-bond acceptors (Lipinski definition) is 6. The predicted molar refractivity (Wildman–Crippen MR) is 208 cm³/mol. The van der Waals surface area contributed by atoms with Crippen LogP contribution >= 0.6 is 7.82 Å². The van der Waals surface area contributed by atoms with Gasteiger partial charge in [0, 0.05) is 13.0 Å². The van der Waals surface area contributed by atoms with Crippen molar-refractivity contribution < 1.29 is 28.4 Å². The second kappa shape index (κ2) is 36.8. The van der Waals surface area contributed by atoms with Gasteiger partial charge in [0.05, 0.1) is 25.4 Å². The van der Waals surface area contributed by atoms with Gasteiger partial charge in [-0.3, -0.25) is 13.8 Å². The Morgan fingerprint density at radius 1 is 0.653 bits per heavy atom. The first-order valence-corrected chi connectivity index (χ1v) is 22.0. The molecule has 0 fully saturated rings. The molecule has 3 unspecified atom stereocenters. The van der Waals surface area contributed by atoms with Crippen LogP contribution in [0, 0.1) is 0 Å². The summed E-state index contributed by atoms with van der Waals surface area (Å²) in [7, 11) is -4.33. The van der Waals surface area contributed by atoms with Gasteiger partial charge in [-0.05, 0) is 44.9 Å². The third-order valence-corrected chi connectivity index (χ3v) is 10.0. The van der Waals surface area contributed by atoms with Crippen LogP contribution in [0.5, 0.6) is 0 Å². The maximum absolute atomic E-state index is 12.7. The van der Waals surface area contributed by atoms with Crippen molar-refractivity contribution in [2.75, 3.05) is 19.8 Å². The van der Waals surface area contributed by atoms with Gasteiger partial charge in [-0.25, -0.2) is 4.57 Å². The van der Waals surface area contributed by atoms with Crippen LogP contribution in [0.3, 0.4) is 0 Å². The van der Waals surface area contributed by atoms with E-state index in [9.17, 15) is 19.4 Å². The van der Waals surface area contributed by atoms with Gasteiger partial charge in [0.15, 0.2) is 0 Å². The summed E-state index contributed by atoms with van der Waals surface area (Å²) < 4.78 is 22.1. The number of phosphoric acid groups is 1. The molecule has 290 valence electrons. The standard InChI is InChI=1S/C40H79N2O6P/c1-3-5-7-9-11-13-15-17-19-20-21-23-25-27-29-31-33-39(43)38(37-48-49(45,46)47-36-35-41)42-40(44)34-32-30-28-26-24-22-18-16-14-12-10-8-6-4-2/h16,18,31,33,38-39,43H,3-15,17,19-30,32,34-37,41H2,1-2H3,(H,42,44)(H,45,46)/b18-16-,33-31+. The average Bonchev–Trinajstić information content (AvgIpc) is 3.09. The number of nitrogens with two attached hydrogens (primary N) is 1. The van der Waals surface area contributed by atoms with Crippen molar-refractivity contribution in [3.05, 3.63) is 24.3 Å². The largest absolute Gasteiger partial charge is 0.472 e. The number of allylic oxidation sites excluding steroid dienone is 3. The highest BCUT2D eigenvalue weighted by molar-refractivity contribution is 7.47. The Bertz CT molecular complexity index is 825. The Labute approximate surface area is 302 Å². The monoisotopic (exact) mass is 715 g/mol. The van der Waals surface area contributed by atoms with Gasteiger partial charge in [-0.2, -0.15) is 0 Å². The molecule has 1 amide bonds. The number of carbonyl (C=O) groups excluding carboxylic acids is 1. The van der Waals surface area contributed by atoms with Crippen LogP contribution in [0.25, 0.3) is 0 Å². The molecule has 0 saturated heterocycles. The number of rotatable bonds is 38. The second-order valence-corrected chi connectivity index (χ2v) is 15.3. The SMILES string of the molecule is CCCCCCC/C=C\CCCCCCCC(=O)NC(COP(=O)(O)OCCN)C(O)/C=C/CCCCCCCCCCCCCCCC. The van der Waals surface area contributed by atoms with Gasteiger partial charge in [-0.1, -0.05) is 167 Å². The maximum Gasteiger partial charge on any atom is 0.472 e. The van der Waals surface area contributed by atoms with E-state index in [1.54, 1.807) is 6.08 Å². The summed E-state index contributed by atoms with van der Waals surface area (Å²) in [4.78, 5) is 22.6. The molecule has 9 heteroatoms. The van der Waals surface area contributed by atoms with Gasteiger partial charge in [0.1, 0.15) is 0 Å². The van der Waals surface area contributed by atoms with Crippen molar-refractivity contribution in [2.45, 2.75) is 206 Å². The lowest BCUT2D eigenvalue weighted by atomic mass is 10.0. The summed E-state index contributed by atoms with van der Waals surface area (Å²) in [5.74, 6) is -0.203. The summed E-state index contributed by atoms with van der Waals surface area (Å²) in [6.07, 6.45) is 40.7. The fourth-order valence-electron chi connectivity index (χ4n) is 5.89. The van der Waals surface area contributed by atoms with Crippen molar-refractivity contribution in [1.82, 2.24) is 5.32 Å². The summed E-state index contributed by atoms with van der Waals surface area (Å²) in [5, 5.41) is 13.6. The van der Waals surface area contributed by atoms with Crippen molar-refractivity contribution in [1.29, 1.82) is 0 Å². The highest BCUT2D eigenvalue weighted by atomic mass is 31.2. The minimum absolute atomic E-state index is 0.0780. The zero-order valence-electron chi connectivity index (χ0n) is 31.9. The van der Waals surface area contributed by atoms with E-state index in [-0.39, 0.29) is 25.7 Å². The molecule has 0 aliphatic carbocycles. The first kappa shape index (κ1) is 48.0. The van der Waals surface area contributed by atoms with Crippen LogP contribution in [0.15, 0.2) is 24.3 Å². The summed E-state index contributed by atoms with van der Waals surface area (Å²) in [6.45, 7) is 4.12. The van der Waals surface area contributed by atoms with Crippen LogP contribution in [-0.4, -0.2) is 47.8 Å². The molecule has 3 atom stereocenters. The number of aliphatic hydroxyl groups excluding tert-OH is 1. The number of amides is 1. The number of hydrogen-bond donors (Lipinski definition) is 4. The van der Waals surface area contributed by atoms with Gasteiger partial charge in [0.25, 0.3) is 0 Å². The van der Waals surface area contributed by atoms with Gasteiger partial charge < -0.3 is 21.1 Å². The maximum atomic E-state index is 12.7. The van der Waals surface area contributed by atoms with Crippen LogP contribution in [-0.2, 0) is 18.4 Å². The lowest BCUT2D eigenvalue weighted by Crippen LogP contribution is -2.45. The lowest BCUT2D eigenvalue weighted by molar-refractivity contribution is -0.123. The van der Waals surface area contributed by atoms with E-state index in [4.69, 9.17) is 14.8 Å². The van der Waals surface area contributed by atoms with Gasteiger partial charge >= 0.3 is 7.82 Å². The predicted octanol–water partition coefficient (Wildman–Crippen LogP) is 11.0. The number of nitrogens with one attached hydrogen (secondary N) is 1. The molecule has 0 aromatic heterocycles. The third-order valence-electron chi connectivity index (χ3n) is 9.02. The molecule has 0 rings (SSSR count). The highest BCUT2D eigenvalue weighted by Crippen LogP contribution is 2.43. The Morgan fingerprint density at radius 3 is 1.51 bits per heavy atom. The molecular formula is C40H79N2O6P. The molecule has 0 aromatic rings. The van der Waals surface area contributed by atoms with E-state index in [0.29, 0.717) is 6.42 Å². The smallest absolute Gasteiger partial charge is 0.387 e. The Morgan fingerprint density at radius 2 is 1.06 bits per heavy atom. The Balaban J connectivity index is 4.28. The first-order chi connectivity index (χ1) is 23.9. The molecule has 0 aliphatic rings. The highest BCUT2D eigenvalue weighted by Gasteiger charge is 2.26. The number of aliphatic hydroxyl groups is 1. The molecular weight excluding hydrogens is 635 g/mol. The normalized spacial score (nSPS) is 14.5. The second-order valence-electron chi connectivity index (χ2n) is 13.8. The number of carbonyl (C=O) groups is 1. The van der Waals surface area contributed by atoms with E-state index in [1.165, 1.54) is 122 Å². The Hall–Kier alpha value is -1.02. The fraction of sp³-hybridized carbons (Fsp3) is 0.875. The van der Waals surface area contributed by atoms with E-state index >= 15 is 0 Å². The molecule has 8 nitrogen and oxygen atoms in total. The van der Waals surface area contributed by atoms with Gasteiger partial charge in [0.2, 0.25) is 5.91 Å². The molecule has 0 spiro atoms. The van der Waals surface area contributed by atoms with Crippen molar-refractivity contribution >= 4 is 13.7 Å². The van der Waals surface area contributed by atoms with Crippen LogP contribution in [0.2, 0.25) is 0 Å². The summed E-state index contributed by atoms with van der Waals surface area (Å²) in [5.41, 5.74) is 5.36. The molecule has 5 N–H and O–H groups in total. The fourth-order valence-corrected chi connectivity index (χ4v) is 6.65. The topological polar surface area (TPSA) is 131 Å². The molecule has 0 radical (unpaired) electrons. The minimum Gasteiger partial charge on any atom is -0.387 e. The van der Waals surface area contributed by atoms with Gasteiger partial charge in [-0.15, -0.1) is 0 Å². The van der Waals surface area contributed by atoms with E-state index in [2.05, 4.69) is 31.3 Å². The molecule has 0 aliphatic heterocycles. The van der Waals surface area contributed by atoms with E-state index in [1.807, 2.05) is 6.08 Å². The third kappa shape index (κ3) is 35.2. The zero-order valence-corrected chi connectivity index (χ0v) is 32.8. The van der Waals surface area contributed by atoms with Crippen molar-refractivity contribution in [2.24, 2.45) is 5.73 Å². The molecule has 0 aromatic carbocycles. The van der Waals surface area contributed by atoms with Crippen molar-refractivity contribution in [3.63, 3.8) is 0 Å².